The summed E-state index contributed by atoms with van der Waals surface area (Å²) in [5.74, 6) is 1.66. The van der Waals surface area contributed by atoms with Gasteiger partial charge in [0.15, 0.2) is 11.5 Å². The monoisotopic (exact) mass is 265 g/mol. The second-order valence-electron chi connectivity index (χ2n) is 5.08. The molecule has 0 radical (unpaired) electrons. The van der Waals surface area contributed by atoms with Crippen LogP contribution in [-0.4, -0.2) is 25.3 Å². The molecule has 1 aromatic rings. The van der Waals surface area contributed by atoms with E-state index in [2.05, 4.69) is 19.2 Å². The largest absolute Gasteiger partial charge is 0.490 e. The van der Waals surface area contributed by atoms with Gasteiger partial charge in [-0.3, -0.25) is 0 Å². The SMILES string of the molecule is CC[C@@H](C)NCCCOc1ccccc1OC(C)C. The van der Waals surface area contributed by atoms with Crippen LogP contribution in [0, 0.1) is 0 Å². The van der Waals surface area contributed by atoms with Gasteiger partial charge in [-0.05, 0) is 52.3 Å². The number of para-hydroxylation sites is 2. The normalized spacial score (nSPS) is 12.5. The molecule has 1 rings (SSSR count). The van der Waals surface area contributed by atoms with Crippen molar-refractivity contribution in [1.29, 1.82) is 0 Å². The fraction of sp³-hybridized carbons (Fsp3) is 0.625. The summed E-state index contributed by atoms with van der Waals surface area (Å²) in [5.41, 5.74) is 0. The van der Waals surface area contributed by atoms with Crippen LogP contribution in [0.25, 0.3) is 0 Å². The third kappa shape index (κ3) is 6.48. The predicted molar refractivity (Wildman–Crippen MR) is 80.1 cm³/mol. The third-order valence-corrected chi connectivity index (χ3v) is 2.90. The molecule has 108 valence electrons. The van der Waals surface area contributed by atoms with Gasteiger partial charge in [0.1, 0.15) is 0 Å². The Hall–Kier alpha value is -1.22. The van der Waals surface area contributed by atoms with Gasteiger partial charge in [-0.15, -0.1) is 0 Å². The van der Waals surface area contributed by atoms with Gasteiger partial charge in [-0.1, -0.05) is 19.1 Å². The van der Waals surface area contributed by atoms with Crippen LogP contribution in [0.1, 0.15) is 40.5 Å². The summed E-state index contributed by atoms with van der Waals surface area (Å²) in [5, 5.41) is 3.45. The highest BCUT2D eigenvalue weighted by Gasteiger charge is 2.05. The van der Waals surface area contributed by atoms with E-state index >= 15 is 0 Å². The molecular weight excluding hydrogens is 238 g/mol. The Kier molecular flexibility index (Phi) is 7.34. The first kappa shape index (κ1) is 15.8. The average Bonchev–Trinajstić information content (AvgIpc) is 2.39. The molecule has 1 aromatic carbocycles. The van der Waals surface area contributed by atoms with Crippen LogP contribution >= 0.6 is 0 Å². The molecule has 3 nitrogen and oxygen atoms in total. The van der Waals surface area contributed by atoms with Gasteiger partial charge >= 0.3 is 0 Å². The van der Waals surface area contributed by atoms with E-state index in [0.29, 0.717) is 12.6 Å². The highest BCUT2D eigenvalue weighted by atomic mass is 16.5. The first-order valence-electron chi connectivity index (χ1n) is 7.25. The van der Waals surface area contributed by atoms with Crippen molar-refractivity contribution in [2.75, 3.05) is 13.2 Å². The smallest absolute Gasteiger partial charge is 0.161 e. The number of hydrogen-bond acceptors (Lipinski definition) is 3. The molecule has 3 heteroatoms. The van der Waals surface area contributed by atoms with E-state index in [-0.39, 0.29) is 6.10 Å². The summed E-state index contributed by atoms with van der Waals surface area (Å²) in [6.45, 7) is 10.1. The van der Waals surface area contributed by atoms with Crippen molar-refractivity contribution in [3.05, 3.63) is 24.3 Å². The van der Waals surface area contributed by atoms with Crippen molar-refractivity contribution in [1.82, 2.24) is 5.32 Å². The molecule has 0 spiro atoms. The highest BCUT2D eigenvalue weighted by Crippen LogP contribution is 2.27. The second-order valence-corrected chi connectivity index (χ2v) is 5.08. The molecule has 0 heterocycles. The fourth-order valence-corrected chi connectivity index (χ4v) is 1.67. The topological polar surface area (TPSA) is 30.5 Å². The third-order valence-electron chi connectivity index (χ3n) is 2.90. The molecule has 0 bridgehead atoms. The zero-order valence-electron chi connectivity index (χ0n) is 12.6. The second kappa shape index (κ2) is 8.81. The van der Waals surface area contributed by atoms with Gasteiger partial charge < -0.3 is 14.8 Å². The minimum atomic E-state index is 0.164. The summed E-state index contributed by atoms with van der Waals surface area (Å²) in [6.07, 6.45) is 2.32. The van der Waals surface area contributed by atoms with Gasteiger partial charge in [-0.25, -0.2) is 0 Å². The number of hydrogen-bond donors (Lipinski definition) is 1. The Morgan fingerprint density at radius 1 is 1.11 bits per heavy atom. The van der Waals surface area contributed by atoms with Crippen LogP contribution in [0.4, 0.5) is 0 Å². The van der Waals surface area contributed by atoms with Crippen LogP contribution in [0.5, 0.6) is 11.5 Å². The maximum atomic E-state index is 5.79. The van der Waals surface area contributed by atoms with Gasteiger partial charge in [0.25, 0.3) is 0 Å². The number of rotatable bonds is 9. The minimum absolute atomic E-state index is 0.164. The Bertz CT molecular complexity index is 352. The molecule has 0 aliphatic rings. The van der Waals surface area contributed by atoms with Crippen molar-refractivity contribution in [2.45, 2.75) is 52.7 Å². The summed E-state index contributed by atoms with van der Waals surface area (Å²) in [6, 6.07) is 8.43. The molecule has 0 aromatic heterocycles. The van der Waals surface area contributed by atoms with Gasteiger partial charge in [0.05, 0.1) is 12.7 Å². The molecule has 0 aliphatic heterocycles. The molecule has 1 atom stereocenters. The van der Waals surface area contributed by atoms with E-state index in [1.165, 1.54) is 0 Å². The summed E-state index contributed by atoms with van der Waals surface area (Å²) in [4.78, 5) is 0. The maximum Gasteiger partial charge on any atom is 0.161 e. The number of benzene rings is 1. The van der Waals surface area contributed by atoms with E-state index in [9.17, 15) is 0 Å². The Morgan fingerprint density at radius 3 is 2.42 bits per heavy atom. The maximum absolute atomic E-state index is 5.79. The van der Waals surface area contributed by atoms with Crippen LogP contribution < -0.4 is 14.8 Å². The van der Waals surface area contributed by atoms with Crippen molar-refractivity contribution >= 4 is 0 Å². The first-order valence-corrected chi connectivity index (χ1v) is 7.25. The quantitative estimate of drug-likeness (QED) is 0.692. The molecule has 19 heavy (non-hydrogen) atoms. The van der Waals surface area contributed by atoms with Crippen molar-refractivity contribution in [2.24, 2.45) is 0 Å². The lowest BCUT2D eigenvalue weighted by Crippen LogP contribution is -2.27. The molecule has 0 saturated heterocycles. The first-order chi connectivity index (χ1) is 9.13. The van der Waals surface area contributed by atoms with Gasteiger partial charge in [0, 0.05) is 6.04 Å². The standard InChI is InChI=1S/C16H27NO2/c1-5-14(4)17-11-8-12-18-15-9-6-7-10-16(15)19-13(2)3/h6-7,9-10,13-14,17H,5,8,11-12H2,1-4H3/t14-/m1/s1. The zero-order valence-corrected chi connectivity index (χ0v) is 12.6. The lowest BCUT2D eigenvalue weighted by Gasteiger charge is -2.15. The summed E-state index contributed by atoms with van der Waals surface area (Å²) in [7, 11) is 0. The molecule has 0 aliphatic carbocycles. The van der Waals surface area contributed by atoms with E-state index in [4.69, 9.17) is 9.47 Å². The molecule has 0 fully saturated rings. The Balaban J connectivity index is 2.32. The molecule has 0 saturated carbocycles. The van der Waals surface area contributed by atoms with Crippen molar-refractivity contribution in [3.63, 3.8) is 0 Å². The number of ether oxygens (including phenoxy) is 2. The van der Waals surface area contributed by atoms with Crippen LogP contribution in [0.15, 0.2) is 24.3 Å². The van der Waals surface area contributed by atoms with E-state index < -0.39 is 0 Å². The number of nitrogens with one attached hydrogen (secondary N) is 1. The van der Waals surface area contributed by atoms with Gasteiger partial charge in [0.2, 0.25) is 0 Å². The molecule has 0 amide bonds. The van der Waals surface area contributed by atoms with E-state index in [1.54, 1.807) is 0 Å². The zero-order chi connectivity index (χ0) is 14.1. The molecular formula is C16H27NO2. The average molecular weight is 265 g/mol. The molecule has 1 N–H and O–H groups in total. The lowest BCUT2D eigenvalue weighted by atomic mass is 10.2. The minimum Gasteiger partial charge on any atom is -0.490 e. The van der Waals surface area contributed by atoms with E-state index in [0.717, 1.165) is 30.9 Å². The lowest BCUT2D eigenvalue weighted by molar-refractivity contribution is 0.219. The highest BCUT2D eigenvalue weighted by molar-refractivity contribution is 5.39. The van der Waals surface area contributed by atoms with Crippen LogP contribution in [0.2, 0.25) is 0 Å². The van der Waals surface area contributed by atoms with E-state index in [1.807, 2.05) is 38.1 Å². The predicted octanol–water partition coefficient (Wildman–Crippen LogP) is 3.63. The van der Waals surface area contributed by atoms with Gasteiger partial charge in [-0.2, -0.15) is 0 Å². The fourth-order valence-electron chi connectivity index (χ4n) is 1.67. The van der Waals surface area contributed by atoms with Crippen LogP contribution in [-0.2, 0) is 0 Å². The summed E-state index contributed by atoms with van der Waals surface area (Å²) < 4.78 is 11.5. The van der Waals surface area contributed by atoms with Crippen molar-refractivity contribution in [3.8, 4) is 11.5 Å². The Labute approximate surface area is 117 Å². The van der Waals surface area contributed by atoms with Crippen molar-refractivity contribution < 1.29 is 9.47 Å². The Morgan fingerprint density at radius 2 is 1.79 bits per heavy atom. The van der Waals surface area contributed by atoms with Crippen LogP contribution in [0.3, 0.4) is 0 Å². The summed E-state index contributed by atoms with van der Waals surface area (Å²) >= 11 is 0. The molecule has 0 unspecified atom stereocenters.